The lowest BCUT2D eigenvalue weighted by Crippen LogP contribution is -2.32. The molecule has 4 N–H and O–H groups in total. The second-order valence-corrected chi connectivity index (χ2v) is 7.09. The van der Waals surface area contributed by atoms with Gasteiger partial charge in [0.15, 0.2) is 0 Å². The van der Waals surface area contributed by atoms with Crippen LogP contribution < -0.4 is 16.4 Å². The van der Waals surface area contributed by atoms with Gasteiger partial charge in [-0.2, -0.15) is 5.10 Å². The van der Waals surface area contributed by atoms with Crippen LogP contribution in [0.15, 0.2) is 72.1 Å². The maximum Gasteiger partial charge on any atom is 0.255 e. The molecule has 4 rings (SSSR count). The monoisotopic (exact) mass is 407 g/mol. The maximum absolute atomic E-state index is 13.2. The number of nitrogens with one attached hydrogen (secondary N) is 2. The van der Waals surface area contributed by atoms with Crippen molar-refractivity contribution in [1.29, 1.82) is 0 Å². The molecule has 0 saturated heterocycles. The molecule has 1 aromatic heterocycles. The summed E-state index contributed by atoms with van der Waals surface area (Å²) in [7, 11) is 0. The van der Waals surface area contributed by atoms with Crippen molar-refractivity contribution in [2.75, 3.05) is 10.6 Å². The SMILES string of the molecule is CC1=C(C(=O)Nc2ccccc2)[C@@H](c2ccc(Cl)cc2)n2ncc(C(N)=O)c2N1. The number of nitrogens with two attached hydrogens (primary N) is 1. The van der Waals surface area contributed by atoms with E-state index in [2.05, 4.69) is 15.7 Å². The van der Waals surface area contributed by atoms with E-state index in [1.807, 2.05) is 42.5 Å². The summed E-state index contributed by atoms with van der Waals surface area (Å²) < 4.78 is 1.59. The predicted molar refractivity (Wildman–Crippen MR) is 112 cm³/mol. The fourth-order valence-electron chi connectivity index (χ4n) is 3.40. The van der Waals surface area contributed by atoms with Crippen molar-refractivity contribution in [2.45, 2.75) is 13.0 Å². The van der Waals surface area contributed by atoms with E-state index in [4.69, 9.17) is 17.3 Å². The van der Waals surface area contributed by atoms with E-state index in [1.54, 1.807) is 23.7 Å². The van der Waals surface area contributed by atoms with Crippen LogP contribution >= 0.6 is 11.6 Å². The molecule has 0 spiro atoms. The Morgan fingerprint density at radius 2 is 1.83 bits per heavy atom. The maximum atomic E-state index is 13.2. The Balaban J connectivity index is 1.82. The Labute approximate surface area is 172 Å². The quantitative estimate of drug-likeness (QED) is 0.615. The molecule has 0 saturated carbocycles. The lowest BCUT2D eigenvalue weighted by molar-refractivity contribution is -0.113. The third-order valence-electron chi connectivity index (χ3n) is 4.75. The third-order valence-corrected chi connectivity index (χ3v) is 5.00. The van der Waals surface area contributed by atoms with Gasteiger partial charge in [-0.25, -0.2) is 4.68 Å². The van der Waals surface area contributed by atoms with Gasteiger partial charge in [0.05, 0.1) is 11.8 Å². The predicted octanol–water partition coefficient (Wildman–Crippen LogP) is 3.56. The first-order valence-electron chi connectivity index (χ1n) is 8.92. The largest absolute Gasteiger partial charge is 0.365 e. The number of amides is 2. The number of fused-ring (bicyclic) bond motifs is 1. The van der Waals surface area contributed by atoms with Gasteiger partial charge in [-0.05, 0) is 36.8 Å². The molecule has 2 amide bonds. The summed E-state index contributed by atoms with van der Waals surface area (Å²) in [4.78, 5) is 25.0. The van der Waals surface area contributed by atoms with Crippen LogP contribution in [0.25, 0.3) is 0 Å². The molecule has 1 aliphatic heterocycles. The lowest BCUT2D eigenvalue weighted by Gasteiger charge is -2.30. The fraction of sp³-hybridized carbons (Fsp3) is 0.0952. The molecule has 2 aromatic carbocycles. The number of primary amides is 1. The highest BCUT2D eigenvalue weighted by Crippen LogP contribution is 2.37. The summed E-state index contributed by atoms with van der Waals surface area (Å²) in [6.45, 7) is 1.78. The number of anilines is 2. The highest BCUT2D eigenvalue weighted by molar-refractivity contribution is 6.30. The van der Waals surface area contributed by atoms with Crippen molar-refractivity contribution < 1.29 is 9.59 Å². The Bertz CT molecular complexity index is 1120. The first-order chi connectivity index (χ1) is 14.0. The van der Waals surface area contributed by atoms with Crippen LogP contribution in [0, 0.1) is 0 Å². The number of halogens is 1. The van der Waals surface area contributed by atoms with E-state index < -0.39 is 11.9 Å². The number of hydrogen-bond acceptors (Lipinski definition) is 4. The summed E-state index contributed by atoms with van der Waals surface area (Å²) in [5, 5.41) is 10.9. The van der Waals surface area contributed by atoms with Crippen molar-refractivity contribution in [1.82, 2.24) is 9.78 Å². The van der Waals surface area contributed by atoms with Gasteiger partial charge >= 0.3 is 0 Å². The van der Waals surface area contributed by atoms with E-state index in [9.17, 15) is 9.59 Å². The van der Waals surface area contributed by atoms with Gasteiger partial charge in [0, 0.05) is 16.4 Å². The smallest absolute Gasteiger partial charge is 0.255 e. The van der Waals surface area contributed by atoms with E-state index in [0.717, 1.165) is 5.56 Å². The number of rotatable bonds is 4. The van der Waals surface area contributed by atoms with Gasteiger partial charge in [0.2, 0.25) is 0 Å². The van der Waals surface area contributed by atoms with Crippen LogP contribution in [-0.2, 0) is 4.79 Å². The number of para-hydroxylation sites is 1. The van der Waals surface area contributed by atoms with Gasteiger partial charge in [-0.3, -0.25) is 9.59 Å². The van der Waals surface area contributed by atoms with Crippen molar-refractivity contribution in [3.8, 4) is 0 Å². The molecule has 0 bridgehead atoms. The van der Waals surface area contributed by atoms with Crippen molar-refractivity contribution in [2.24, 2.45) is 5.73 Å². The van der Waals surface area contributed by atoms with Gasteiger partial charge in [-0.15, -0.1) is 0 Å². The van der Waals surface area contributed by atoms with Crippen LogP contribution in [0.1, 0.15) is 28.9 Å². The third kappa shape index (κ3) is 3.48. The Morgan fingerprint density at radius 3 is 2.48 bits per heavy atom. The fourth-order valence-corrected chi connectivity index (χ4v) is 3.53. The molecular weight excluding hydrogens is 390 g/mol. The molecule has 0 unspecified atom stereocenters. The molecule has 29 heavy (non-hydrogen) atoms. The number of carbonyl (C=O) groups is 2. The van der Waals surface area contributed by atoms with Crippen LogP contribution in [0.3, 0.4) is 0 Å². The zero-order valence-corrected chi connectivity index (χ0v) is 16.3. The lowest BCUT2D eigenvalue weighted by atomic mass is 9.94. The van der Waals surface area contributed by atoms with Crippen molar-refractivity contribution in [3.63, 3.8) is 0 Å². The van der Waals surface area contributed by atoms with Crippen LogP contribution in [0.4, 0.5) is 11.5 Å². The molecule has 146 valence electrons. The van der Waals surface area contributed by atoms with Gasteiger partial charge in [0.25, 0.3) is 11.8 Å². The first kappa shape index (κ1) is 18.8. The molecule has 0 fully saturated rings. The molecule has 3 aromatic rings. The van der Waals surface area contributed by atoms with E-state index in [0.29, 0.717) is 27.8 Å². The Hall–Kier alpha value is -3.58. The number of allylic oxidation sites excluding steroid dienone is 1. The average molecular weight is 408 g/mol. The standard InChI is InChI=1S/C21H18ClN5O2/c1-12-17(21(29)26-15-5-3-2-4-6-15)18(13-7-9-14(22)10-8-13)27-20(25-12)16(11-24-27)19(23)28/h2-11,18,25H,1H3,(H2,23,28)(H,26,29)/t18-/m1/s1. The molecule has 7 nitrogen and oxygen atoms in total. The Morgan fingerprint density at radius 1 is 1.14 bits per heavy atom. The first-order valence-corrected chi connectivity index (χ1v) is 9.30. The van der Waals surface area contributed by atoms with E-state index >= 15 is 0 Å². The second-order valence-electron chi connectivity index (χ2n) is 6.65. The second kappa shape index (κ2) is 7.44. The topological polar surface area (TPSA) is 102 Å². The van der Waals surface area contributed by atoms with Crippen LogP contribution in [0.2, 0.25) is 5.02 Å². The summed E-state index contributed by atoms with van der Waals surface area (Å²) in [5.74, 6) is -0.423. The minimum atomic E-state index is -0.599. The molecule has 2 heterocycles. The minimum Gasteiger partial charge on any atom is -0.365 e. The molecular formula is C21H18ClN5O2. The molecule has 1 atom stereocenters. The summed E-state index contributed by atoms with van der Waals surface area (Å²) in [6, 6.07) is 15.8. The average Bonchev–Trinajstić information content (AvgIpc) is 3.12. The van der Waals surface area contributed by atoms with Crippen molar-refractivity contribution >= 4 is 34.9 Å². The van der Waals surface area contributed by atoms with Gasteiger partial charge in [0.1, 0.15) is 17.4 Å². The molecule has 0 aliphatic carbocycles. The number of benzene rings is 2. The van der Waals surface area contributed by atoms with E-state index in [-0.39, 0.29) is 11.5 Å². The number of hydrogen-bond donors (Lipinski definition) is 3. The van der Waals surface area contributed by atoms with Crippen molar-refractivity contribution in [3.05, 3.63) is 88.2 Å². The zero-order chi connectivity index (χ0) is 20.5. The summed E-state index contributed by atoms with van der Waals surface area (Å²) in [5.41, 5.74) is 8.30. The molecule has 8 heteroatoms. The summed E-state index contributed by atoms with van der Waals surface area (Å²) in [6.07, 6.45) is 1.40. The van der Waals surface area contributed by atoms with E-state index in [1.165, 1.54) is 6.20 Å². The highest BCUT2D eigenvalue weighted by Gasteiger charge is 2.34. The number of nitrogens with zero attached hydrogens (tertiary/aromatic N) is 2. The van der Waals surface area contributed by atoms with Crippen LogP contribution in [0.5, 0.6) is 0 Å². The minimum absolute atomic E-state index is 0.255. The molecule has 1 aliphatic rings. The number of carbonyl (C=O) groups excluding carboxylic acids is 2. The Kier molecular flexibility index (Phi) is 4.82. The normalized spacial score (nSPS) is 15.4. The van der Waals surface area contributed by atoms with Gasteiger partial charge in [-0.1, -0.05) is 41.9 Å². The highest BCUT2D eigenvalue weighted by atomic mass is 35.5. The number of aromatic nitrogens is 2. The zero-order valence-electron chi connectivity index (χ0n) is 15.5. The van der Waals surface area contributed by atoms with Gasteiger partial charge < -0.3 is 16.4 Å². The summed E-state index contributed by atoms with van der Waals surface area (Å²) >= 11 is 6.04. The molecule has 0 radical (unpaired) electrons. The van der Waals surface area contributed by atoms with Crippen LogP contribution in [-0.4, -0.2) is 21.6 Å².